The van der Waals surface area contributed by atoms with Crippen LogP contribution >= 0.6 is 23.5 Å². The maximum Gasteiger partial charge on any atom is 0.0446 e. The maximum atomic E-state index is 9.53. The smallest absolute Gasteiger partial charge is 0.0446 e. The molecule has 0 radical (unpaired) electrons. The first-order valence-corrected chi connectivity index (χ1v) is 11.4. The molecule has 0 spiro atoms. The Bertz CT molecular complexity index is 489. The number of rotatable bonds is 5. The molecular formula is C19H30N2OS2. The minimum absolute atomic E-state index is 0.289. The van der Waals surface area contributed by atoms with Crippen molar-refractivity contribution < 1.29 is 5.11 Å². The van der Waals surface area contributed by atoms with Crippen molar-refractivity contribution in [2.45, 2.75) is 32.0 Å². The van der Waals surface area contributed by atoms with Gasteiger partial charge in [0.25, 0.3) is 0 Å². The Balaban J connectivity index is 1.61. The highest BCUT2D eigenvalue weighted by molar-refractivity contribution is 8.03. The van der Waals surface area contributed by atoms with E-state index < -0.39 is 0 Å². The van der Waals surface area contributed by atoms with E-state index in [2.05, 4.69) is 64.5 Å². The van der Waals surface area contributed by atoms with Gasteiger partial charge in [0, 0.05) is 67.9 Å². The second-order valence-corrected chi connectivity index (χ2v) is 9.22. The van der Waals surface area contributed by atoms with Crippen LogP contribution in [0.5, 0.6) is 0 Å². The summed E-state index contributed by atoms with van der Waals surface area (Å²) in [4.78, 5) is 5.27. The van der Waals surface area contributed by atoms with E-state index in [0.717, 1.165) is 26.1 Å². The number of nitrogens with zero attached hydrogens (tertiary/aromatic N) is 2. The molecule has 24 heavy (non-hydrogen) atoms. The Hall–Kier alpha value is -0.200. The monoisotopic (exact) mass is 366 g/mol. The van der Waals surface area contributed by atoms with Gasteiger partial charge < -0.3 is 5.11 Å². The third kappa shape index (κ3) is 5.15. The summed E-state index contributed by atoms with van der Waals surface area (Å²) < 4.78 is 0. The first-order chi connectivity index (χ1) is 11.8. The molecule has 0 bridgehead atoms. The normalized spacial score (nSPS) is 24.8. The average molecular weight is 367 g/mol. The molecule has 1 N–H and O–H groups in total. The van der Waals surface area contributed by atoms with E-state index in [1.807, 2.05) is 0 Å². The van der Waals surface area contributed by atoms with E-state index in [0.29, 0.717) is 12.1 Å². The third-order valence-electron chi connectivity index (χ3n) is 5.11. The zero-order chi connectivity index (χ0) is 16.8. The zero-order valence-electron chi connectivity index (χ0n) is 14.7. The van der Waals surface area contributed by atoms with E-state index in [1.54, 1.807) is 0 Å². The number of piperazine rings is 1. The highest BCUT2D eigenvalue weighted by Gasteiger charge is 2.31. The van der Waals surface area contributed by atoms with Crippen LogP contribution in [0.4, 0.5) is 0 Å². The summed E-state index contributed by atoms with van der Waals surface area (Å²) in [7, 11) is 0. The number of hydrogen-bond donors (Lipinski definition) is 1. The Kier molecular flexibility index (Phi) is 7.35. The van der Waals surface area contributed by atoms with E-state index in [9.17, 15) is 5.11 Å². The van der Waals surface area contributed by atoms with Crippen molar-refractivity contribution in [1.82, 2.24) is 9.80 Å². The first kappa shape index (κ1) is 18.6. The molecule has 2 aliphatic heterocycles. The summed E-state index contributed by atoms with van der Waals surface area (Å²) in [5.74, 6) is 5.15. The van der Waals surface area contributed by atoms with Crippen LogP contribution in [0.3, 0.4) is 0 Å². The van der Waals surface area contributed by atoms with Gasteiger partial charge in [0.05, 0.1) is 0 Å². The highest BCUT2D eigenvalue weighted by atomic mass is 32.2. The van der Waals surface area contributed by atoms with Gasteiger partial charge in [-0.25, -0.2) is 0 Å². The number of thioether (sulfide) groups is 2. The molecule has 2 heterocycles. The maximum absolute atomic E-state index is 9.53. The fraction of sp³-hybridized carbons (Fsp3) is 0.684. The number of hydrogen-bond acceptors (Lipinski definition) is 5. The molecule has 134 valence electrons. The lowest BCUT2D eigenvalue weighted by molar-refractivity contribution is 0.0407. The fourth-order valence-electron chi connectivity index (χ4n) is 3.62. The van der Waals surface area contributed by atoms with Gasteiger partial charge in [0.2, 0.25) is 0 Å². The van der Waals surface area contributed by atoms with Gasteiger partial charge in [-0.3, -0.25) is 9.80 Å². The Labute approximate surface area is 155 Å². The zero-order valence-corrected chi connectivity index (χ0v) is 16.3. The number of aliphatic hydroxyl groups is 1. The summed E-state index contributed by atoms with van der Waals surface area (Å²) >= 11 is 4.22. The van der Waals surface area contributed by atoms with Crippen molar-refractivity contribution in [2.24, 2.45) is 0 Å². The number of benzene rings is 1. The molecule has 0 amide bonds. The number of aliphatic hydroxyl groups excluding tert-OH is 1. The van der Waals surface area contributed by atoms with E-state index >= 15 is 0 Å². The second-order valence-electron chi connectivity index (χ2n) is 6.92. The predicted octanol–water partition coefficient (Wildman–Crippen LogP) is 2.71. The van der Waals surface area contributed by atoms with Crippen molar-refractivity contribution >= 4 is 23.5 Å². The molecule has 1 aromatic rings. The molecule has 3 nitrogen and oxygen atoms in total. The van der Waals surface area contributed by atoms with Gasteiger partial charge in [0.15, 0.2) is 0 Å². The molecule has 0 unspecified atom stereocenters. The predicted molar refractivity (Wildman–Crippen MR) is 107 cm³/mol. The summed E-state index contributed by atoms with van der Waals surface area (Å²) in [5, 5.41) is 9.53. The summed E-state index contributed by atoms with van der Waals surface area (Å²) in [6.45, 7) is 6.83. The lowest BCUT2D eigenvalue weighted by Gasteiger charge is -2.44. The van der Waals surface area contributed by atoms with Crippen LogP contribution in [0, 0.1) is 6.92 Å². The van der Waals surface area contributed by atoms with Gasteiger partial charge in [0.1, 0.15) is 0 Å². The van der Waals surface area contributed by atoms with E-state index in [1.165, 1.54) is 40.7 Å². The van der Waals surface area contributed by atoms with Crippen LogP contribution < -0.4 is 0 Å². The molecule has 5 heteroatoms. The molecule has 2 fully saturated rings. The minimum atomic E-state index is 0.289. The van der Waals surface area contributed by atoms with Crippen molar-refractivity contribution in [3.8, 4) is 0 Å². The van der Waals surface area contributed by atoms with Crippen molar-refractivity contribution in [3.05, 3.63) is 35.4 Å². The molecule has 2 saturated heterocycles. The molecule has 0 saturated carbocycles. The number of aryl methyl sites for hydroxylation is 1. The van der Waals surface area contributed by atoms with Gasteiger partial charge in [-0.05, 0) is 18.9 Å². The Morgan fingerprint density at radius 2 is 1.79 bits per heavy atom. The van der Waals surface area contributed by atoms with E-state index in [-0.39, 0.29) is 6.61 Å². The SMILES string of the molecule is Cc1ccc(CN2CCN(C3CSCCSC3)C[C@H]2CCO)cc1. The van der Waals surface area contributed by atoms with Gasteiger partial charge in [-0.15, -0.1) is 0 Å². The van der Waals surface area contributed by atoms with E-state index in [4.69, 9.17) is 0 Å². The highest BCUT2D eigenvalue weighted by Crippen LogP contribution is 2.24. The van der Waals surface area contributed by atoms with Crippen LogP contribution in [0.25, 0.3) is 0 Å². The quantitative estimate of drug-likeness (QED) is 0.865. The standard InChI is InChI=1S/C19H30N2OS2/c1-16-2-4-17(5-3-16)12-20-7-8-21(13-18(20)6-9-22)19-14-23-10-11-24-15-19/h2-5,18-19,22H,6-15H2,1H3/t18-/m1/s1. The molecule has 2 aliphatic rings. The van der Waals surface area contributed by atoms with Crippen LogP contribution in [0.2, 0.25) is 0 Å². The van der Waals surface area contributed by atoms with Crippen molar-refractivity contribution in [2.75, 3.05) is 49.3 Å². The molecule has 1 aromatic carbocycles. The van der Waals surface area contributed by atoms with Crippen LogP contribution in [0.15, 0.2) is 24.3 Å². The summed E-state index contributed by atoms with van der Waals surface area (Å²) in [5.41, 5.74) is 2.71. The van der Waals surface area contributed by atoms with Gasteiger partial charge in [-0.2, -0.15) is 23.5 Å². The lowest BCUT2D eigenvalue weighted by Crippen LogP contribution is -2.56. The fourth-order valence-corrected chi connectivity index (χ4v) is 6.25. The van der Waals surface area contributed by atoms with Crippen LogP contribution in [0.1, 0.15) is 17.5 Å². The lowest BCUT2D eigenvalue weighted by atomic mass is 10.1. The molecular weight excluding hydrogens is 336 g/mol. The van der Waals surface area contributed by atoms with Crippen molar-refractivity contribution in [1.29, 1.82) is 0 Å². The van der Waals surface area contributed by atoms with Crippen molar-refractivity contribution in [3.63, 3.8) is 0 Å². The average Bonchev–Trinajstić information content (AvgIpc) is 2.88. The summed E-state index contributed by atoms with van der Waals surface area (Å²) in [6.07, 6.45) is 0.884. The first-order valence-electron chi connectivity index (χ1n) is 9.06. The molecule has 3 rings (SSSR count). The van der Waals surface area contributed by atoms with Crippen LogP contribution in [-0.2, 0) is 6.54 Å². The Morgan fingerprint density at radius 3 is 2.46 bits per heavy atom. The second kappa shape index (κ2) is 9.48. The molecule has 0 aromatic heterocycles. The molecule has 0 aliphatic carbocycles. The molecule has 1 atom stereocenters. The topological polar surface area (TPSA) is 26.7 Å². The largest absolute Gasteiger partial charge is 0.396 e. The van der Waals surface area contributed by atoms with Gasteiger partial charge in [-0.1, -0.05) is 29.8 Å². The van der Waals surface area contributed by atoms with Crippen LogP contribution in [-0.4, -0.2) is 76.2 Å². The minimum Gasteiger partial charge on any atom is -0.396 e. The van der Waals surface area contributed by atoms with Gasteiger partial charge >= 0.3 is 0 Å². The third-order valence-corrected chi connectivity index (χ3v) is 7.60. The summed E-state index contributed by atoms with van der Waals surface area (Å²) in [6, 6.07) is 10.1. The Morgan fingerprint density at radius 1 is 1.08 bits per heavy atom.